The summed E-state index contributed by atoms with van der Waals surface area (Å²) in [5.41, 5.74) is 2.65. The number of hydrogen-bond donors (Lipinski definition) is 1. The Kier molecular flexibility index (Phi) is 3.77. The van der Waals surface area contributed by atoms with E-state index in [0.29, 0.717) is 6.42 Å². The molecule has 1 aliphatic heterocycles. The van der Waals surface area contributed by atoms with Crippen LogP contribution < -0.4 is 0 Å². The zero-order valence-electron chi connectivity index (χ0n) is 11.4. The molecule has 0 saturated carbocycles. The second-order valence-corrected chi connectivity index (χ2v) is 6.55. The van der Waals surface area contributed by atoms with Gasteiger partial charge in [0.25, 0.3) is 0 Å². The summed E-state index contributed by atoms with van der Waals surface area (Å²) in [6.07, 6.45) is 1.47. The van der Waals surface area contributed by atoms with E-state index in [1.165, 1.54) is 0 Å². The summed E-state index contributed by atoms with van der Waals surface area (Å²) in [4.78, 5) is 0. The molecule has 7 heteroatoms. The molecule has 1 aromatic heterocycles. The molecule has 0 spiro atoms. The average Bonchev–Trinajstić information content (AvgIpc) is 2.97. The molecule has 1 aromatic carbocycles. The summed E-state index contributed by atoms with van der Waals surface area (Å²) in [5, 5.41) is 7.21. The maximum absolute atomic E-state index is 13.1. The number of halogens is 1. The Bertz CT molecular complexity index is 715. The molecule has 0 radical (unpaired) electrons. The van der Waals surface area contributed by atoms with Gasteiger partial charge in [-0.1, -0.05) is 34.2 Å². The number of hydrogen-bond acceptors (Lipinski definition) is 3. The molecule has 1 unspecified atom stereocenters. The lowest BCUT2D eigenvalue weighted by Crippen LogP contribution is -2.37. The summed E-state index contributed by atoms with van der Waals surface area (Å²) in [6.45, 7) is 0.407. The van der Waals surface area contributed by atoms with Crippen molar-refractivity contribution in [3.63, 3.8) is 0 Å². The average molecular weight is 309 g/mol. The monoisotopic (exact) mass is 309 g/mol. The minimum absolute atomic E-state index is 0.0470. The number of benzene rings is 1. The Morgan fingerprint density at radius 2 is 2.05 bits per heavy atom. The van der Waals surface area contributed by atoms with Gasteiger partial charge < -0.3 is 0 Å². The van der Waals surface area contributed by atoms with Crippen LogP contribution in [0.2, 0.25) is 0 Å². The molecule has 1 N–H and O–H groups in total. The van der Waals surface area contributed by atoms with E-state index in [9.17, 15) is 12.3 Å². The van der Waals surface area contributed by atoms with Gasteiger partial charge in [0.2, 0.25) is 0 Å². The van der Waals surface area contributed by atoms with Crippen LogP contribution in [0.15, 0.2) is 36.4 Å². The quantitative estimate of drug-likeness (QED) is 0.886. The number of nitrogens with one attached hydrogen (secondary N) is 1. The van der Waals surface area contributed by atoms with E-state index in [2.05, 4.69) is 10.2 Å². The molecule has 112 valence electrons. The summed E-state index contributed by atoms with van der Waals surface area (Å²) in [5.74, 6) is -0.0470. The summed E-state index contributed by atoms with van der Waals surface area (Å²) < 4.78 is 36.0. The first-order valence-electron chi connectivity index (χ1n) is 6.84. The lowest BCUT2D eigenvalue weighted by atomic mass is 9.96. The van der Waals surface area contributed by atoms with Crippen LogP contribution in [0.4, 0.5) is 3.89 Å². The molecule has 3 rings (SSSR count). The molecular weight excluding hydrogens is 293 g/mol. The van der Waals surface area contributed by atoms with Crippen LogP contribution in [0.3, 0.4) is 0 Å². The maximum atomic E-state index is 13.1. The van der Waals surface area contributed by atoms with Crippen molar-refractivity contribution in [3.05, 3.63) is 42.1 Å². The zero-order valence-corrected chi connectivity index (χ0v) is 12.2. The fourth-order valence-electron chi connectivity index (χ4n) is 2.70. The number of rotatable bonds is 3. The third-order valence-electron chi connectivity index (χ3n) is 3.80. The Balaban J connectivity index is 1.80. The van der Waals surface area contributed by atoms with Crippen LogP contribution in [-0.2, 0) is 10.4 Å². The summed E-state index contributed by atoms with van der Waals surface area (Å²) >= 11 is 0. The van der Waals surface area contributed by atoms with Crippen LogP contribution in [-0.4, -0.2) is 36.0 Å². The van der Waals surface area contributed by atoms with Gasteiger partial charge >= 0.3 is 10.4 Å². The van der Waals surface area contributed by atoms with Gasteiger partial charge in [0.1, 0.15) is 0 Å². The molecule has 21 heavy (non-hydrogen) atoms. The van der Waals surface area contributed by atoms with Gasteiger partial charge in [-0.05, 0) is 18.9 Å². The summed E-state index contributed by atoms with van der Waals surface area (Å²) in [7, 11) is -4.61. The second-order valence-electron chi connectivity index (χ2n) is 5.21. The largest absolute Gasteiger partial charge is 0.374 e. The fraction of sp³-hybridized carbons (Fsp3) is 0.357. The van der Waals surface area contributed by atoms with Gasteiger partial charge in [-0.25, -0.2) is 0 Å². The Hall–Kier alpha value is -1.73. The van der Waals surface area contributed by atoms with Gasteiger partial charge in [0, 0.05) is 30.3 Å². The smallest absolute Gasteiger partial charge is 0.282 e. The second kappa shape index (κ2) is 5.57. The highest BCUT2D eigenvalue weighted by molar-refractivity contribution is 7.83. The number of piperidine rings is 1. The normalized spacial score (nSPS) is 20.5. The van der Waals surface area contributed by atoms with E-state index < -0.39 is 10.4 Å². The molecule has 0 bridgehead atoms. The van der Waals surface area contributed by atoms with E-state index in [-0.39, 0.29) is 19.0 Å². The van der Waals surface area contributed by atoms with E-state index in [0.717, 1.165) is 27.7 Å². The predicted octanol–water partition coefficient (Wildman–Crippen LogP) is 2.47. The van der Waals surface area contributed by atoms with Crippen molar-refractivity contribution in [1.29, 1.82) is 0 Å². The van der Waals surface area contributed by atoms with Gasteiger partial charge in [-0.3, -0.25) is 5.10 Å². The van der Waals surface area contributed by atoms with E-state index >= 15 is 0 Å². The molecule has 2 heterocycles. The van der Waals surface area contributed by atoms with Crippen molar-refractivity contribution >= 4 is 10.4 Å². The van der Waals surface area contributed by atoms with E-state index in [1.807, 2.05) is 36.4 Å². The highest BCUT2D eigenvalue weighted by atomic mass is 32.3. The molecular formula is C14H16FN3O2S. The summed E-state index contributed by atoms with van der Waals surface area (Å²) in [6, 6.07) is 11.6. The minimum atomic E-state index is -4.61. The Labute approximate surface area is 123 Å². The molecule has 1 atom stereocenters. The SMILES string of the molecule is O=S(=O)(F)N1CCCC(c2cc(-c3ccccc3)n[nH]2)C1. The molecule has 0 aliphatic carbocycles. The first-order chi connectivity index (χ1) is 10.0. The van der Waals surface area contributed by atoms with Gasteiger partial charge in [0.15, 0.2) is 0 Å². The predicted molar refractivity (Wildman–Crippen MR) is 77.6 cm³/mol. The van der Waals surface area contributed by atoms with Crippen LogP contribution in [0.25, 0.3) is 11.3 Å². The number of aromatic amines is 1. The first-order valence-corrected chi connectivity index (χ1v) is 8.18. The Morgan fingerprint density at radius 1 is 1.29 bits per heavy atom. The molecule has 1 fully saturated rings. The number of nitrogens with zero attached hydrogens (tertiary/aromatic N) is 2. The van der Waals surface area contributed by atoms with Crippen molar-refractivity contribution in [2.75, 3.05) is 13.1 Å². The molecule has 2 aromatic rings. The van der Waals surface area contributed by atoms with Crippen molar-refractivity contribution in [3.8, 4) is 11.3 Å². The van der Waals surface area contributed by atoms with Crippen LogP contribution in [0.1, 0.15) is 24.5 Å². The Morgan fingerprint density at radius 3 is 2.76 bits per heavy atom. The highest BCUT2D eigenvalue weighted by Crippen LogP contribution is 2.29. The zero-order chi connectivity index (χ0) is 14.9. The molecule has 5 nitrogen and oxygen atoms in total. The van der Waals surface area contributed by atoms with Crippen LogP contribution >= 0.6 is 0 Å². The van der Waals surface area contributed by atoms with E-state index in [4.69, 9.17) is 0 Å². The number of H-pyrrole nitrogens is 1. The van der Waals surface area contributed by atoms with Crippen molar-refractivity contribution in [2.45, 2.75) is 18.8 Å². The van der Waals surface area contributed by atoms with E-state index in [1.54, 1.807) is 0 Å². The lowest BCUT2D eigenvalue weighted by Gasteiger charge is -2.28. The third-order valence-corrected chi connectivity index (χ3v) is 4.75. The van der Waals surface area contributed by atoms with Gasteiger partial charge in [-0.15, -0.1) is 0 Å². The third kappa shape index (κ3) is 3.14. The number of aromatic nitrogens is 2. The lowest BCUT2D eigenvalue weighted by molar-refractivity contribution is 0.299. The maximum Gasteiger partial charge on any atom is 0.374 e. The van der Waals surface area contributed by atoms with Gasteiger partial charge in [-0.2, -0.15) is 17.8 Å². The molecule has 1 saturated heterocycles. The minimum Gasteiger partial charge on any atom is -0.282 e. The first kappa shape index (κ1) is 14.2. The topological polar surface area (TPSA) is 66.1 Å². The highest BCUT2D eigenvalue weighted by Gasteiger charge is 2.30. The standard InChI is InChI=1S/C14H16FN3O2S/c15-21(19,20)18-8-4-7-12(10-18)14-9-13(16-17-14)11-5-2-1-3-6-11/h1-3,5-6,9,12H,4,7-8,10H2,(H,16,17). The molecule has 1 aliphatic rings. The van der Waals surface area contributed by atoms with Crippen molar-refractivity contribution < 1.29 is 12.3 Å². The fourth-order valence-corrected chi connectivity index (χ4v) is 3.40. The van der Waals surface area contributed by atoms with Crippen LogP contribution in [0.5, 0.6) is 0 Å². The van der Waals surface area contributed by atoms with Gasteiger partial charge in [0.05, 0.1) is 5.69 Å². The van der Waals surface area contributed by atoms with Crippen LogP contribution in [0, 0.1) is 0 Å². The molecule has 0 amide bonds. The van der Waals surface area contributed by atoms with Crippen molar-refractivity contribution in [1.82, 2.24) is 14.5 Å². The van der Waals surface area contributed by atoms with Crippen molar-refractivity contribution in [2.24, 2.45) is 0 Å².